The molecule has 0 aromatic heterocycles. The summed E-state index contributed by atoms with van der Waals surface area (Å²) in [5.74, 6) is 0.202. The summed E-state index contributed by atoms with van der Waals surface area (Å²) in [7, 11) is 0. The summed E-state index contributed by atoms with van der Waals surface area (Å²) < 4.78 is 12.5. The van der Waals surface area contributed by atoms with Crippen molar-refractivity contribution in [3.63, 3.8) is 0 Å². The zero-order chi connectivity index (χ0) is 19.9. The number of nitrogens with zero attached hydrogens (tertiary/aromatic N) is 1. The summed E-state index contributed by atoms with van der Waals surface area (Å²) in [4.78, 5) is 16.0. The number of unbranched alkanes of at least 4 members (excludes halogenated alkanes) is 2. The number of hydrogen-bond acceptors (Lipinski definition) is 4. The number of epoxide rings is 1. The van der Waals surface area contributed by atoms with E-state index in [4.69, 9.17) is 9.47 Å². The first-order valence-corrected chi connectivity index (χ1v) is 11.0. The van der Waals surface area contributed by atoms with Crippen LogP contribution in [0, 0.1) is 0 Å². The summed E-state index contributed by atoms with van der Waals surface area (Å²) in [6.45, 7) is 14.7. The third-order valence-electron chi connectivity index (χ3n) is 6.27. The van der Waals surface area contributed by atoms with Crippen molar-refractivity contribution >= 4 is 5.91 Å². The normalized spacial score (nSPS) is 30.1. The molecule has 0 saturated carbocycles. The van der Waals surface area contributed by atoms with Crippen LogP contribution in [0.4, 0.5) is 0 Å². The molecule has 1 unspecified atom stereocenters. The molecule has 0 aliphatic carbocycles. The van der Waals surface area contributed by atoms with E-state index >= 15 is 0 Å². The van der Waals surface area contributed by atoms with Gasteiger partial charge in [-0.2, -0.15) is 0 Å². The molecule has 3 fully saturated rings. The van der Waals surface area contributed by atoms with Crippen LogP contribution in [0.1, 0.15) is 92.9 Å². The van der Waals surface area contributed by atoms with E-state index in [0.717, 1.165) is 58.0 Å². The second-order valence-electron chi connectivity index (χ2n) is 10.4. The molecular weight excluding hydrogens is 340 g/mol. The van der Waals surface area contributed by atoms with Crippen LogP contribution in [-0.4, -0.2) is 52.5 Å². The molecule has 156 valence electrons. The summed E-state index contributed by atoms with van der Waals surface area (Å²) in [5.41, 5.74) is -1.44. The molecule has 1 N–H and O–H groups in total. The van der Waals surface area contributed by atoms with E-state index in [1.165, 1.54) is 0 Å². The van der Waals surface area contributed by atoms with E-state index in [9.17, 15) is 4.79 Å². The smallest absolute Gasteiger partial charge is 0.257 e. The Kier molecular flexibility index (Phi) is 5.70. The van der Waals surface area contributed by atoms with Crippen molar-refractivity contribution < 1.29 is 14.3 Å². The van der Waals surface area contributed by atoms with Crippen molar-refractivity contribution in [3.8, 4) is 0 Å². The maximum atomic E-state index is 13.9. The van der Waals surface area contributed by atoms with Gasteiger partial charge >= 0.3 is 0 Å². The van der Waals surface area contributed by atoms with E-state index in [-0.39, 0.29) is 23.1 Å². The third kappa shape index (κ3) is 4.35. The van der Waals surface area contributed by atoms with Gasteiger partial charge in [0.1, 0.15) is 5.72 Å². The lowest BCUT2D eigenvalue weighted by atomic mass is 9.72. The zero-order valence-corrected chi connectivity index (χ0v) is 18.3. The van der Waals surface area contributed by atoms with Crippen LogP contribution in [-0.2, 0) is 14.3 Å². The Hall–Kier alpha value is -0.650. The minimum absolute atomic E-state index is 0.134. The highest BCUT2D eigenvalue weighted by molar-refractivity contribution is 5.88. The van der Waals surface area contributed by atoms with Gasteiger partial charge in [0.15, 0.2) is 5.60 Å². The van der Waals surface area contributed by atoms with Crippen molar-refractivity contribution in [3.05, 3.63) is 0 Å². The van der Waals surface area contributed by atoms with Gasteiger partial charge in [0, 0.05) is 23.9 Å². The van der Waals surface area contributed by atoms with Gasteiger partial charge in [-0.1, -0.05) is 26.7 Å². The highest BCUT2D eigenvalue weighted by Crippen LogP contribution is 2.50. The van der Waals surface area contributed by atoms with Crippen LogP contribution in [0.3, 0.4) is 0 Å². The van der Waals surface area contributed by atoms with E-state index in [1.807, 2.05) is 0 Å². The van der Waals surface area contributed by atoms with Crippen LogP contribution in [0.2, 0.25) is 0 Å². The molecule has 0 bridgehead atoms. The van der Waals surface area contributed by atoms with Crippen LogP contribution >= 0.6 is 0 Å². The lowest BCUT2D eigenvalue weighted by molar-refractivity contribution is -0.176. The Labute approximate surface area is 165 Å². The first-order chi connectivity index (χ1) is 12.6. The number of carbonyl (C=O) groups is 1. The number of piperidine rings is 1. The molecule has 3 rings (SSSR count). The molecule has 3 heterocycles. The maximum Gasteiger partial charge on any atom is 0.257 e. The van der Waals surface area contributed by atoms with Crippen molar-refractivity contribution in [2.45, 2.75) is 121 Å². The summed E-state index contributed by atoms with van der Waals surface area (Å²) in [6, 6.07) is 0. The minimum Gasteiger partial charge on any atom is -0.371 e. The molecule has 1 spiro atoms. The fourth-order valence-electron chi connectivity index (χ4n) is 5.64. The van der Waals surface area contributed by atoms with Crippen LogP contribution in [0.15, 0.2) is 0 Å². The molecule has 5 nitrogen and oxygen atoms in total. The van der Waals surface area contributed by atoms with Gasteiger partial charge < -0.3 is 19.7 Å². The zero-order valence-electron chi connectivity index (χ0n) is 18.3. The van der Waals surface area contributed by atoms with E-state index in [1.54, 1.807) is 0 Å². The lowest BCUT2D eigenvalue weighted by Crippen LogP contribution is -2.65. The predicted octanol–water partition coefficient (Wildman–Crippen LogP) is 4.00. The van der Waals surface area contributed by atoms with Crippen LogP contribution in [0.5, 0.6) is 0 Å². The standard InChI is InChI=1S/C22H40N2O3/c1-7-9-11-22(12-10-8-2)24(13-17-14-26-17)18(25)21(27-22)15-19(3,4)23-20(5,6)16-21/h17,23H,7-16H2,1-6H3. The summed E-state index contributed by atoms with van der Waals surface area (Å²) >= 11 is 0. The van der Waals surface area contributed by atoms with Gasteiger partial charge in [-0.05, 0) is 53.4 Å². The number of hydrogen-bond donors (Lipinski definition) is 1. The average Bonchev–Trinajstić information content (AvgIpc) is 3.32. The van der Waals surface area contributed by atoms with Crippen molar-refractivity contribution in [2.24, 2.45) is 0 Å². The molecular formula is C22H40N2O3. The van der Waals surface area contributed by atoms with Gasteiger partial charge in [-0.15, -0.1) is 0 Å². The lowest BCUT2D eigenvalue weighted by Gasteiger charge is -2.50. The molecule has 1 atom stereocenters. The third-order valence-corrected chi connectivity index (χ3v) is 6.27. The molecule has 0 aromatic carbocycles. The first-order valence-electron chi connectivity index (χ1n) is 11.0. The maximum absolute atomic E-state index is 13.9. The number of amides is 1. The Balaban J connectivity index is 1.97. The minimum atomic E-state index is -0.714. The first kappa shape index (κ1) is 21.1. The topological polar surface area (TPSA) is 54.1 Å². The second-order valence-corrected chi connectivity index (χ2v) is 10.4. The second kappa shape index (κ2) is 7.31. The van der Waals surface area contributed by atoms with Crippen molar-refractivity contribution in [1.82, 2.24) is 10.2 Å². The van der Waals surface area contributed by atoms with E-state index in [2.05, 4.69) is 51.8 Å². The van der Waals surface area contributed by atoms with Gasteiger partial charge in [-0.25, -0.2) is 0 Å². The highest BCUT2D eigenvalue weighted by Gasteiger charge is 2.64. The summed E-state index contributed by atoms with van der Waals surface area (Å²) in [5, 5.41) is 3.71. The number of rotatable bonds is 8. The van der Waals surface area contributed by atoms with Gasteiger partial charge in [0.05, 0.1) is 19.3 Å². The Morgan fingerprint density at radius 1 is 1.04 bits per heavy atom. The fourth-order valence-corrected chi connectivity index (χ4v) is 5.64. The average molecular weight is 381 g/mol. The molecule has 1 amide bonds. The number of ether oxygens (including phenoxy) is 2. The number of carbonyl (C=O) groups excluding carboxylic acids is 1. The number of nitrogens with one attached hydrogen (secondary N) is 1. The largest absolute Gasteiger partial charge is 0.371 e. The Morgan fingerprint density at radius 2 is 1.56 bits per heavy atom. The molecule has 3 aliphatic heterocycles. The molecule has 5 heteroatoms. The van der Waals surface area contributed by atoms with Crippen LogP contribution in [0.25, 0.3) is 0 Å². The van der Waals surface area contributed by atoms with Gasteiger partial charge in [0.25, 0.3) is 5.91 Å². The summed E-state index contributed by atoms with van der Waals surface area (Å²) in [6.07, 6.45) is 7.90. The monoisotopic (exact) mass is 380 g/mol. The van der Waals surface area contributed by atoms with Crippen molar-refractivity contribution in [1.29, 1.82) is 0 Å². The quantitative estimate of drug-likeness (QED) is 0.647. The predicted molar refractivity (Wildman–Crippen MR) is 108 cm³/mol. The molecule has 3 saturated heterocycles. The molecule has 0 radical (unpaired) electrons. The van der Waals surface area contributed by atoms with E-state index in [0.29, 0.717) is 6.54 Å². The Morgan fingerprint density at radius 3 is 2.00 bits per heavy atom. The van der Waals surface area contributed by atoms with Gasteiger partial charge in [-0.3, -0.25) is 4.79 Å². The Bertz CT molecular complexity index is 530. The highest BCUT2D eigenvalue weighted by atomic mass is 16.6. The van der Waals surface area contributed by atoms with E-state index < -0.39 is 11.3 Å². The van der Waals surface area contributed by atoms with Gasteiger partial charge in [0.2, 0.25) is 0 Å². The van der Waals surface area contributed by atoms with Crippen molar-refractivity contribution in [2.75, 3.05) is 13.2 Å². The van der Waals surface area contributed by atoms with Crippen LogP contribution < -0.4 is 5.32 Å². The fraction of sp³-hybridized carbons (Fsp3) is 0.955. The molecule has 27 heavy (non-hydrogen) atoms. The molecule has 3 aliphatic rings. The SMILES string of the molecule is CCCCC1(CCCC)OC2(CC(C)(C)NC(C)(C)C2)C(=O)N1CC1CO1. The molecule has 0 aromatic rings.